The van der Waals surface area contributed by atoms with Crippen LogP contribution >= 0.6 is 0 Å². The fourth-order valence-corrected chi connectivity index (χ4v) is 1.77. The summed E-state index contributed by atoms with van der Waals surface area (Å²) >= 11 is 0. The van der Waals surface area contributed by atoms with E-state index >= 15 is 0 Å². The van der Waals surface area contributed by atoms with E-state index in [1.54, 1.807) is 29.6 Å². The van der Waals surface area contributed by atoms with Crippen LogP contribution in [0.15, 0.2) is 30.3 Å². The Morgan fingerprint density at radius 3 is 2.25 bits per heavy atom. The molecule has 0 aromatic heterocycles. The smallest absolute Gasteiger partial charge is 0.350 e. The van der Waals surface area contributed by atoms with E-state index in [1.165, 1.54) is 0 Å². The molecule has 2 rings (SSSR count). The minimum atomic E-state index is -4.98. The highest BCUT2D eigenvalue weighted by Crippen LogP contribution is 2.36. The Hall–Kier alpha value is -2.05. The Balaban J connectivity index is 1.91. The summed E-state index contributed by atoms with van der Waals surface area (Å²) in [4.78, 5) is 22.8. The zero-order chi connectivity index (χ0) is 14.8. The predicted molar refractivity (Wildman–Crippen MR) is 64.5 cm³/mol. The van der Waals surface area contributed by atoms with Gasteiger partial charge in [0.1, 0.15) is 5.54 Å². The first kappa shape index (κ1) is 14.4. The van der Waals surface area contributed by atoms with Gasteiger partial charge in [0.25, 0.3) is 0 Å². The Morgan fingerprint density at radius 1 is 1.15 bits per heavy atom. The Kier molecular flexibility index (Phi) is 3.69. The first-order valence-electron chi connectivity index (χ1n) is 6.05. The van der Waals surface area contributed by atoms with E-state index in [-0.39, 0.29) is 19.4 Å². The second kappa shape index (κ2) is 5.15. The summed E-state index contributed by atoms with van der Waals surface area (Å²) < 4.78 is 36.5. The highest BCUT2D eigenvalue weighted by atomic mass is 19.4. The van der Waals surface area contributed by atoms with Crippen molar-refractivity contribution < 1.29 is 22.8 Å². The standard InChI is InChI=1S/C13H13F3N2O2/c14-13(15,16)11(20)18-12(6-7-12)10(19)17-8-9-4-2-1-3-5-9/h1-5H,6-8H2,(H,17,19)(H,18,20). The van der Waals surface area contributed by atoms with E-state index in [1.807, 2.05) is 6.07 Å². The van der Waals surface area contributed by atoms with Crippen LogP contribution in [-0.2, 0) is 16.1 Å². The molecule has 2 amide bonds. The molecule has 0 atom stereocenters. The fourth-order valence-electron chi connectivity index (χ4n) is 1.77. The van der Waals surface area contributed by atoms with Crippen molar-refractivity contribution in [1.29, 1.82) is 0 Å². The molecule has 0 spiro atoms. The van der Waals surface area contributed by atoms with Crippen LogP contribution in [0.1, 0.15) is 18.4 Å². The zero-order valence-corrected chi connectivity index (χ0v) is 10.5. The lowest BCUT2D eigenvalue weighted by molar-refractivity contribution is -0.175. The molecular formula is C13H13F3N2O2. The molecule has 0 unspecified atom stereocenters. The highest BCUT2D eigenvalue weighted by molar-refractivity contribution is 5.95. The van der Waals surface area contributed by atoms with Crippen LogP contribution in [0, 0.1) is 0 Å². The lowest BCUT2D eigenvalue weighted by Crippen LogP contribution is -2.52. The molecule has 1 aliphatic carbocycles. The largest absolute Gasteiger partial charge is 0.471 e. The number of hydrogen-bond donors (Lipinski definition) is 2. The average molecular weight is 286 g/mol. The molecule has 7 heteroatoms. The second-order valence-corrected chi connectivity index (χ2v) is 4.70. The molecule has 0 bridgehead atoms. The number of nitrogens with one attached hydrogen (secondary N) is 2. The van der Waals surface area contributed by atoms with Crippen molar-refractivity contribution >= 4 is 11.8 Å². The molecule has 1 aliphatic rings. The molecule has 0 heterocycles. The second-order valence-electron chi connectivity index (χ2n) is 4.70. The van der Waals surface area contributed by atoms with Gasteiger partial charge in [-0.15, -0.1) is 0 Å². The van der Waals surface area contributed by atoms with Gasteiger partial charge in [-0.05, 0) is 18.4 Å². The van der Waals surface area contributed by atoms with E-state index in [0.29, 0.717) is 0 Å². The third-order valence-corrected chi connectivity index (χ3v) is 3.09. The van der Waals surface area contributed by atoms with Crippen LogP contribution < -0.4 is 10.6 Å². The molecule has 0 saturated heterocycles. The number of benzene rings is 1. The number of halogens is 3. The van der Waals surface area contributed by atoms with Crippen LogP contribution in [0.3, 0.4) is 0 Å². The third-order valence-electron chi connectivity index (χ3n) is 3.09. The van der Waals surface area contributed by atoms with Gasteiger partial charge in [0.15, 0.2) is 0 Å². The maximum absolute atomic E-state index is 12.2. The Bertz CT molecular complexity index is 510. The van der Waals surface area contributed by atoms with Crippen molar-refractivity contribution in [1.82, 2.24) is 10.6 Å². The quantitative estimate of drug-likeness (QED) is 0.881. The van der Waals surface area contributed by atoms with Crippen molar-refractivity contribution in [3.8, 4) is 0 Å². The van der Waals surface area contributed by atoms with E-state index in [9.17, 15) is 22.8 Å². The number of alkyl halides is 3. The molecule has 2 N–H and O–H groups in total. The highest BCUT2D eigenvalue weighted by Gasteiger charge is 2.54. The van der Waals surface area contributed by atoms with Crippen molar-refractivity contribution in [3.05, 3.63) is 35.9 Å². The molecular weight excluding hydrogens is 273 g/mol. The number of rotatable bonds is 4. The first-order chi connectivity index (χ1) is 9.33. The van der Waals surface area contributed by atoms with Gasteiger partial charge in [-0.3, -0.25) is 9.59 Å². The SMILES string of the molecule is O=C(NC1(C(=O)NCc2ccccc2)CC1)C(F)(F)F. The monoisotopic (exact) mass is 286 g/mol. The van der Waals surface area contributed by atoms with E-state index in [2.05, 4.69) is 5.32 Å². The molecule has 0 radical (unpaired) electrons. The molecule has 1 aromatic carbocycles. The molecule has 1 fully saturated rings. The van der Waals surface area contributed by atoms with Crippen LogP contribution in [-0.4, -0.2) is 23.5 Å². The number of carbonyl (C=O) groups excluding carboxylic acids is 2. The normalized spacial score (nSPS) is 16.4. The van der Waals surface area contributed by atoms with Crippen molar-refractivity contribution in [2.45, 2.75) is 31.1 Å². The van der Waals surface area contributed by atoms with Crippen LogP contribution in [0.25, 0.3) is 0 Å². The minimum absolute atomic E-state index is 0.212. The number of hydrogen-bond acceptors (Lipinski definition) is 2. The van der Waals surface area contributed by atoms with Crippen LogP contribution in [0.4, 0.5) is 13.2 Å². The van der Waals surface area contributed by atoms with Crippen LogP contribution in [0.5, 0.6) is 0 Å². The third kappa shape index (κ3) is 3.28. The lowest BCUT2D eigenvalue weighted by atomic mass is 10.2. The average Bonchev–Trinajstić information content (AvgIpc) is 3.17. The zero-order valence-electron chi connectivity index (χ0n) is 10.5. The van der Waals surface area contributed by atoms with Crippen molar-refractivity contribution in [2.24, 2.45) is 0 Å². The summed E-state index contributed by atoms with van der Waals surface area (Å²) in [6.45, 7) is 0.212. The molecule has 1 saturated carbocycles. The Morgan fingerprint density at radius 2 is 1.75 bits per heavy atom. The van der Waals surface area contributed by atoms with Crippen molar-refractivity contribution in [3.63, 3.8) is 0 Å². The van der Waals surface area contributed by atoms with Gasteiger partial charge in [-0.25, -0.2) is 0 Å². The van der Waals surface area contributed by atoms with Gasteiger partial charge in [0, 0.05) is 6.54 Å². The maximum Gasteiger partial charge on any atom is 0.471 e. The molecule has 20 heavy (non-hydrogen) atoms. The molecule has 4 nitrogen and oxygen atoms in total. The molecule has 0 aliphatic heterocycles. The van der Waals surface area contributed by atoms with E-state index in [0.717, 1.165) is 5.56 Å². The van der Waals surface area contributed by atoms with Gasteiger partial charge in [0.05, 0.1) is 0 Å². The first-order valence-corrected chi connectivity index (χ1v) is 6.05. The lowest BCUT2D eigenvalue weighted by Gasteiger charge is -2.18. The summed E-state index contributed by atoms with van der Waals surface area (Å²) in [7, 11) is 0. The van der Waals surface area contributed by atoms with Crippen molar-refractivity contribution in [2.75, 3.05) is 0 Å². The Labute approximate surface area is 113 Å². The van der Waals surface area contributed by atoms with Gasteiger partial charge >= 0.3 is 12.1 Å². The summed E-state index contributed by atoms with van der Waals surface area (Å²) in [6.07, 6.45) is -4.54. The summed E-state index contributed by atoms with van der Waals surface area (Å²) in [6, 6.07) is 8.97. The van der Waals surface area contributed by atoms with Gasteiger partial charge in [-0.1, -0.05) is 30.3 Å². The summed E-state index contributed by atoms with van der Waals surface area (Å²) in [5.41, 5.74) is -0.569. The molecule has 1 aromatic rings. The van der Waals surface area contributed by atoms with Gasteiger partial charge in [0.2, 0.25) is 5.91 Å². The van der Waals surface area contributed by atoms with E-state index < -0.39 is 23.5 Å². The molecule has 108 valence electrons. The summed E-state index contributed by atoms with van der Waals surface area (Å²) in [5.74, 6) is -2.66. The van der Waals surface area contributed by atoms with Crippen LogP contribution in [0.2, 0.25) is 0 Å². The minimum Gasteiger partial charge on any atom is -0.350 e. The topological polar surface area (TPSA) is 58.2 Å². The fraction of sp³-hybridized carbons (Fsp3) is 0.385. The van der Waals surface area contributed by atoms with Gasteiger partial charge < -0.3 is 10.6 Å². The summed E-state index contributed by atoms with van der Waals surface area (Å²) in [5, 5.41) is 4.30. The predicted octanol–water partition coefficient (Wildman–Crippen LogP) is 1.51. The number of amides is 2. The maximum atomic E-state index is 12.2. The van der Waals surface area contributed by atoms with E-state index in [4.69, 9.17) is 0 Å². The number of carbonyl (C=O) groups is 2. The van der Waals surface area contributed by atoms with Gasteiger partial charge in [-0.2, -0.15) is 13.2 Å².